The molecule has 3 aliphatic rings. The van der Waals surface area contributed by atoms with Gasteiger partial charge < -0.3 is 5.11 Å². The van der Waals surface area contributed by atoms with Crippen LogP contribution in [0.25, 0.3) is 0 Å². The number of rotatable bonds is 5. The van der Waals surface area contributed by atoms with Gasteiger partial charge in [-0.05, 0) is 61.7 Å². The first-order valence-electron chi connectivity index (χ1n) is 10.7. The minimum absolute atomic E-state index is 0.180. The number of hydrogen-bond acceptors (Lipinski definition) is 1. The van der Waals surface area contributed by atoms with Crippen LogP contribution in [0.5, 0.6) is 0 Å². The van der Waals surface area contributed by atoms with Crippen molar-refractivity contribution in [2.45, 2.75) is 96.3 Å². The van der Waals surface area contributed by atoms with Crippen LogP contribution in [0.3, 0.4) is 0 Å². The Kier molecular flexibility index (Phi) is 6.41. The molecule has 2 heteroatoms. The van der Waals surface area contributed by atoms with Crippen LogP contribution in [0, 0.1) is 23.2 Å². The third-order valence-corrected chi connectivity index (χ3v) is 7.45. The minimum atomic E-state index is -0.748. The number of carboxylic acids is 1. The largest absolute Gasteiger partial charge is 0.478 e. The number of carboxylic acid groups (broad SMARTS) is 1. The fraction of sp³-hybridized carbons (Fsp3) is 0.864. The maximum atomic E-state index is 11.4. The van der Waals surface area contributed by atoms with Crippen LogP contribution in [0.2, 0.25) is 0 Å². The normalized spacial score (nSPS) is 26.0. The van der Waals surface area contributed by atoms with Crippen LogP contribution in [0.1, 0.15) is 96.3 Å². The van der Waals surface area contributed by atoms with Gasteiger partial charge in [-0.25, -0.2) is 4.79 Å². The average Bonchev–Trinajstić information content (AvgIpc) is 2.65. The van der Waals surface area contributed by atoms with Gasteiger partial charge in [0.25, 0.3) is 0 Å². The molecule has 0 heterocycles. The molecule has 3 aliphatic carbocycles. The Balaban J connectivity index is 1.96. The first-order valence-corrected chi connectivity index (χ1v) is 10.7. The van der Waals surface area contributed by atoms with E-state index in [1.807, 2.05) is 0 Å². The highest BCUT2D eigenvalue weighted by molar-refractivity contribution is 5.79. The molecule has 1 N–H and O–H groups in total. The third kappa shape index (κ3) is 3.89. The fourth-order valence-corrected chi connectivity index (χ4v) is 6.43. The topological polar surface area (TPSA) is 37.3 Å². The summed E-state index contributed by atoms with van der Waals surface area (Å²) in [6.45, 7) is 0. The minimum Gasteiger partial charge on any atom is -0.478 e. The first kappa shape index (κ1) is 18.0. The molecule has 136 valence electrons. The van der Waals surface area contributed by atoms with Gasteiger partial charge in [0, 0.05) is 6.08 Å². The molecule has 3 rings (SSSR count). The summed E-state index contributed by atoms with van der Waals surface area (Å²) in [4.78, 5) is 11.4. The van der Waals surface area contributed by atoms with E-state index in [4.69, 9.17) is 0 Å². The van der Waals surface area contributed by atoms with Gasteiger partial charge in [-0.3, -0.25) is 0 Å². The van der Waals surface area contributed by atoms with E-state index in [1.165, 1.54) is 102 Å². The van der Waals surface area contributed by atoms with E-state index < -0.39 is 5.97 Å². The Morgan fingerprint density at radius 1 is 0.667 bits per heavy atom. The van der Waals surface area contributed by atoms with Crippen LogP contribution < -0.4 is 0 Å². The van der Waals surface area contributed by atoms with Crippen molar-refractivity contribution in [1.82, 2.24) is 0 Å². The summed E-state index contributed by atoms with van der Waals surface area (Å²) >= 11 is 0. The standard InChI is InChI=1S/C22H36O2/c23-21(24)16-17-22(18-10-4-1-5-11-18,19-12-6-2-7-13-19)20-14-8-3-9-15-20/h16-20H,1-15H2,(H,23,24)/b17-16+. The van der Waals surface area contributed by atoms with Crippen LogP contribution in [0.4, 0.5) is 0 Å². The highest BCUT2D eigenvalue weighted by Gasteiger charge is 2.48. The van der Waals surface area contributed by atoms with Gasteiger partial charge in [-0.1, -0.05) is 63.9 Å². The molecule has 0 saturated heterocycles. The maximum absolute atomic E-state index is 11.4. The number of aliphatic carboxylic acids is 1. The number of hydrogen-bond donors (Lipinski definition) is 1. The molecule has 0 bridgehead atoms. The number of carbonyl (C=O) groups is 1. The molecule has 2 nitrogen and oxygen atoms in total. The lowest BCUT2D eigenvalue weighted by Crippen LogP contribution is -2.45. The van der Waals surface area contributed by atoms with Crippen LogP contribution >= 0.6 is 0 Å². The van der Waals surface area contributed by atoms with E-state index in [-0.39, 0.29) is 5.41 Å². The summed E-state index contributed by atoms with van der Waals surface area (Å²) in [5.74, 6) is 1.44. The maximum Gasteiger partial charge on any atom is 0.327 e. The lowest BCUT2D eigenvalue weighted by atomic mass is 9.51. The molecule has 0 aromatic rings. The van der Waals surface area contributed by atoms with Crippen molar-refractivity contribution < 1.29 is 9.90 Å². The highest BCUT2D eigenvalue weighted by atomic mass is 16.4. The van der Waals surface area contributed by atoms with Crippen molar-refractivity contribution in [3.63, 3.8) is 0 Å². The lowest BCUT2D eigenvalue weighted by Gasteiger charge is -2.53. The summed E-state index contributed by atoms with van der Waals surface area (Å²) in [5.41, 5.74) is 0.180. The molecule has 3 saturated carbocycles. The highest BCUT2D eigenvalue weighted by Crippen LogP contribution is 2.57. The monoisotopic (exact) mass is 332 g/mol. The van der Waals surface area contributed by atoms with Crippen molar-refractivity contribution >= 4 is 5.97 Å². The van der Waals surface area contributed by atoms with E-state index in [0.29, 0.717) is 0 Å². The Morgan fingerprint density at radius 2 is 1.00 bits per heavy atom. The van der Waals surface area contributed by atoms with Gasteiger partial charge in [0.1, 0.15) is 0 Å². The van der Waals surface area contributed by atoms with Gasteiger partial charge in [0.2, 0.25) is 0 Å². The third-order valence-electron chi connectivity index (χ3n) is 7.45. The zero-order valence-corrected chi connectivity index (χ0v) is 15.3. The SMILES string of the molecule is O=C(O)/C=C/C(C1CCCCC1)(C1CCCCC1)C1CCCCC1. The van der Waals surface area contributed by atoms with E-state index >= 15 is 0 Å². The average molecular weight is 333 g/mol. The Labute approximate surface area is 148 Å². The van der Waals surface area contributed by atoms with E-state index in [9.17, 15) is 9.90 Å². The fourth-order valence-electron chi connectivity index (χ4n) is 6.43. The summed E-state index contributed by atoms with van der Waals surface area (Å²) < 4.78 is 0. The first-order chi connectivity index (χ1) is 11.7. The molecule has 0 spiro atoms. The van der Waals surface area contributed by atoms with Gasteiger partial charge in [-0.2, -0.15) is 0 Å². The Morgan fingerprint density at radius 3 is 1.29 bits per heavy atom. The molecule has 0 atom stereocenters. The lowest BCUT2D eigenvalue weighted by molar-refractivity contribution is -0.131. The summed E-state index contributed by atoms with van der Waals surface area (Å²) in [6, 6.07) is 0. The van der Waals surface area contributed by atoms with Gasteiger partial charge in [0.05, 0.1) is 0 Å². The Bertz CT molecular complexity index is 376. The van der Waals surface area contributed by atoms with Crippen LogP contribution in [0.15, 0.2) is 12.2 Å². The van der Waals surface area contributed by atoms with E-state index in [0.717, 1.165) is 17.8 Å². The molecule has 24 heavy (non-hydrogen) atoms. The second kappa shape index (κ2) is 8.54. The molecule has 0 aromatic carbocycles. The quantitative estimate of drug-likeness (QED) is 0.595. The van der Waals surface area contributed by atoms with Gasteiger partial charge in [-0.15, -0.1) is 0 Å². The van der Waals surface area contributed by atoms with E-state index in [1.54, 1.807) is 0 Å². The smallest absolute Gasteiger partial charge is 0.327 e. The summed E-state index contributed by atoms with van der Waals surface area (Å²) in [5, 5.41) is 9.39. The second-order valence-electron chi connectivity index (χ2n) is 8.68. The van der Waals surface area contributed by atoms with Crippen molar-refractivity contribution in [3.05, 3.63) is 12.2 Å². The second-order valence-corrected chi connectivity index (χ2v) is 8.68. The molecule has 0 radical (unpaired) electrons. The number of allylic oxidation sites excluding steroid dienone is 1. The van der Waals surface area contributed by atoms with Crippen molar-refractivity contribution in [1.29, 1.82) is 0 Å². The molecular weight excluding hydrogens is 296 g/mol. The summed E-state index contributed by atoms with van der Waals surface area (Å²) in [6.07, 6.45) is 24.0. The molecule has 0 amide bonds. The van der Waals surface area contributed by atoms with Gasteiger partial charge in [0.15, 0.2) is 0 Å². The van der Waals surface area contributed by atoms with Crippen LogP contribution in [-0.4, -0.2) is 11.1 Å². The van der Waals surface area contributed by atoms with Crippen molar-refractivity contribution in [3.8, 4) is 0 Å². The molecule has 3 fully saturated rings. The zero-order chi connectivity index (χ0) is 16.8. The molecular formula is C22H36O2. The zero-order valence-electron chi connectivity index (χ0n) is 15.3. The van der Waals surface area contributed by atoms with Crippen LogP contribution in [-0.2, 0) is 4.79 Å². The van der Waals surface area contributed by atoms with Crippen molar-refractivity contribution in [2.24, 2.45) is 23.2 Å². The van der Waals surface area contributed by atoms with Crippen molar-refractivity contribution in [2.75, 3.05) is 0 Å². The van der Waals surface area contributed by atoms with E-state index in [2.05, 4.69) is 6.08 Å². The molecule has 0 aliphatic heterocycles. The molecule has 0 aromatic heterocycles. The summed E-state index contributed by atoms with van der Waals surface area (Å²) in [7, 11) is 0. The molecule has 0 unspecified atom stereocenters. The van der Waals surface area contributed by atoms with Gasteiger partial charge >= 0.3 is 5.97 Å². The predicted octanol–water partition coefficient (Wildman–Crippen LogP) is 6.35. The Hall–Kier alpha value is -0.790. The predicted molar refractivity (Wildman–Crippen MR) is 98.9 cm³/mol.